The Hall–Kier alpha value is -1.06. The van der Waals surface area contributed by atoms with Gasteiger partial charge in [-0.3, -0.25) is 9.59 Å². The molecule has 4 nitrogen and oxygen atoms in total. The molecule has 1 atom stereocenters. The summed E-state index contributed by atoms with van der Waals surface area (Å²) in [7, 11) is 0. The number of carbonyl (C=O) groups excluding carboxylic acids is 1. The van der Waals surface area contributed by atoms with Crippen LogP contribution in [-0.4, -0.2) is 23.7 Å². The monoisotopic (exact) mass is 202 g/mol. The molecule has 0 heterocycles. The summed E-state index contributed by atoms with van der Waals surface area (Å²) < 4.78 is 4.75. The van der Waals surface area contributed by atoms with Crippen LogP contribution in [0.3, 0.4) is 0 Å². The number of hydrogen-bond donors (Lipinski definition) is 1. The summed E-state index contributed by atoms with van der Waals surface area (Å²) in [5.74, 6) is -1.75. The van der Waals surface area contributed by atoms with E-state index in [1.807, 2.05) is 6.92 Å². The minimum atomic E-state index is -1.38. The number of aliphatic carboxylic acids is 1. The zero-order chi connectivity index (χ0) is 11.2. The topological polar surface area (TPSA) is 63.6 Å². The number of carboxylic acids is 1. The van der Waals surface area contributed by atoms with Crippen LogP contribution in [-0.2, 0) is 14.3 Å². The molecule has 0 amide bonds. The van der Waals surface area contributed by atoms with Crippen molar-refractivity contribution in [2.75, 3.05) is 6.61 Å². The highest BCUT2D eigenvalue weighted by molar-refractivity contribution is 5.98. The van der Waals surface area contributed by atoms with Gasteiger partial charge in [0.15, 0.2) is 5.41 Å². The third-order valence-corrected chi connectivity index (χ3v) is 2.23. The van der Waals surface area contributed by atoms with Gasteiger partial charge in [0.1, 0.15) is 0 Å². The van der Waals surface area contributed by atoms with Crippen molar-refractivity contribution in [3.63, 3.8) is 0 Å². The highest BCUT2D eigenvalue weighted by atomic mass is 16.5. The standard InChI is InChI=1S/C10H18O4/c1-4-6-7-10(3,8(11)12)9(13)14-5-2/h4-7H2,1-3H3,(H,11,12). The van der Waals surface area contributed by atoms with E-state index in [0.29, 0.717) is 12.8 Å². The summed E-state index contributed by atoms with van der Waals surface area (Å²) >= 11 is 0. The van der Waals surface area contributed by atoms with Gasteiger partial charge in [0.05, 0.1) is 6.61 Å². The SMILES string of the molecule is CCCCC(C)(C(=O)O)C(=O)OCC. The Morgan fingerprint density at radius 2 is 1.93 bits per heavy atom. The molecule has 0 fully saturated rings. The minimum absolute atomic E-state index is 0.216. The van der Waals surface area contributed by atoms with Crippen LogP contribution in [0.5, 0.6) is 0 Å². The van der Waals surface area contributed by atoms with Crippen LogP contribution < -0.4 is 0 Å². The molecule has 0 rings (SSSR count). The van der Waals surface area contributed by atoms with Crippen LogP contribution in [0.25, 0.3) is 0 Å². The van der Waals surface area contributed by atoms with E-state index in [1.165, 1.54) is 6.92 Å². The van der Waals surface area contributed by atoms with Crippen LogP contribution >= 0.6 is 0 Å². The van der Waals surface area contributed by atoms with Crippen molar-refractivity contribution in [1.82, 2.24) is 0 Å². The molecule has 0 bridgehead atoms. The number of ether oxygens (including phenoxy) is 1. The molecule has 1 N–H and O–H groups in total. The Kier molecular flexibility index (Phi) is 5.20. The smallest absolute Gasteiger partial charge is 0.323 e. The minimum Gasteiger partial charge on any atom is -0.480 e. The molecule has 0 aromatic rings. The number of esters is 1. The van der Waals surface area contributed by atoms with Crippen molar-refractivity contribution in [2.24, 2.45) is 5.41 Å². The lowest BCUT2D eigenvalue weighted by atomic mass is 9.85. The van der Waals surface area contributed by atoms with E-state index >= 15 is 0 Å². The molecule has 4 heteroatoms. The maximum absolute atomic E-state index is 11.4. The fourth-order valence-electron chi connectivity index (χ4n) is 1.12. The molecule has 82 valence electrons. The lowest BCUT2D eigenvalue weighted by Gasteiger charge is -2.21. The van der Waals surface area contributed by atoms with Gasteiger partial charge in [-0.05, 0) is 20.3 Å². The first-order chi connectivity index (χ1) is 6.49. The van der Waals surface area contributed by atoms with E-state index < -0.39 is 17.4 Å². The molecule has 0 aromatic carbocycles. The number of rotatable bonds is 6. The fourth-order valence-corrected chi connectivity index (χ4v) is 1.12. The maximum Gasteiger partial charge on any atom is 0.323 e. The third-order valence-electron chi connectivity index (χ3n) is 2.23. The number of carbonyl (C=O) groups is 2. The molecule has 1 unspecified atom stereocenters. The zero-order valence-electron chi connectivity index (χ0n) is 9.00. The highest BCUT2D eigenvalue weighted by Gasteiger charge is 2.42. The normalized spacial score (nSPS) is 14.5. The number of carboxylic acid groups (broad SMARTS) is 1. The predicted molar refractivity (Wildman–Crippen MR) is 51.9 cm³/mol. The van der Waals surface area contributed by atoms with Gasteiger partial charge in [0, 0.05) is 0 Å². The summed E-state index contributed by atoms with van der Waals surface area (Å²) in [5.41, 5.74) is -1.38. The van der Waals surface area contributed by atoms with Crippen LogP contribution in [0.4, 0.5) is 0 Å². The molecule has 0 saturated carbocycles. The molecule has 0 aliphatic heterocycles. The van der Waals surface area contributed by atoms with Crippen molar-refractivity contribution in [2.45, 2.75) is 40.0 Å². The lowest BCUT2D eigenvalue weighted by molar-refractivity contribution is -0.167. The molecule has 14 heavy (non-hydrogen) atoms. The van der Waals surface area contributed by atoms with E-state index in [1.54, 1.807) is 6.92 Å². The number of hydrogen-bond acceptors (Lipinski definition) is 3. The highest BCUT2D eigenvalue weighted by Crippen LogP contribution is 2.26. The summed E-state index contributed by atoms with van der Waals surface area (Å²) in [6.45, 7) is 5.25. The average molecular weight is 202 g/mol. The van der Waals surface area contributed by atoms with Crippen molar-refractivity contribution in [3.8, 4) is 0 Å². The summed E-state index contributed by atoms with van der Waals surface area (Å²) in [6, 6.07) is 0. The van der Waals surface area contributed by atoms with Crippen molar-refractivity contribution in [1.29, 1.82) is 0 Å². The Morgan fingerprint density at radius 1 is 1.36 bits per heavy atom. The zero-order valence-corrected chi connectivity index (χ0v) is 9.00. The molecule has 0 aliphatic carbocycles. The summed E-state index contributed by atoms with van der Waals surface area (Å²) in [4.78, 5) is 22.4. The van der Waals surface area contributed by atoms with Gasteiger partial charge >= 0.3 is 11.9 Å². The molecule has 0 radical (unpaired) electrons. The van der Waals surface area contributed by atoms with E-state index in [0.717, 1.165) is 6.42 Å². The second-order valence-electron chi connectivity index (χ2n) is 3.46. The molecule has 0 aromatic heterocycles. The van der Waals surface area contributed by atoms with Gasteiger partial charge in [0.25, 0.3) is 0 Å². The van der Waals surface area contributed by atoms with Gasteiger partial charge in [-0.25, -0.2) is 0 Å². The van der Waals surface area contributed by atoms with Gasteiger partial charge in [0.2, 0.25) is 0 Å². The molecule has 0 saturated heterocycles. The Bertz CT molecular complexity index is 212. The molecule has 0 spiro atoms. The predicted octanol–water partition coefficient (Wildman–Crippen LogP) is 1.83. The fraction of sp³-hybridized carbons (Fsp3) is 0.800. The largest absolute Gasteiger partial charge is 0.480 e. The molecular weight excluding hydrogens is 184 g/mol. The van der Waals surface area contributed by atoms with E-state index in [-0.39, 0.29) is 6.61 Å². The van der Waals surface area contributed by atoms with Crippen molar-refractivity contribution < 1.29 is 19.4 Å². The quantitative estimate of drug-likeness (QED) is 0.527. The third kappa shape index (κ3) is 3.01. The summed E-state index contributed by atoms with van der Waals surface area (Å²) in [5, 5.41) is 8.96. The van der Waals surface area contributed by atoms with E-state index in [4.69, 9.17) is 9.84 Å². The van der Waals surface area contributed by atoms with Gasteiger partial charge < -0.3 is 9.84 Å². The Balaban J connectivity index is 4.53. The second kappa shape index (κ2) is 5.62. The maximum atomic E-state index is 11.4. The van der Waals surface area contributed by atoms with Crippen LogP contribution in [0, 0.1) is 5.41 Å². The van der Waals surface area contributed by atoms with E-state index in [2.05, 4.69) is 0 Å². The molecular formula is C10H18O4. The van der Waals surface area contributed by atoms with Crippen LogP contribution in [0.1, 0.15) is 40.0 Å². The first-order valence-electron chi connectivity index (χ1n) is 4.89. The Labute approximate surface area is 84.3 Å². The van der Waals surface area contributed by atoms with E-state index in [9.17, 15) is 9.59 Å². The first kappa shape index (κ1) is 12.9. The first-order valence-corrected chi connectivity index (χ1v) is 4.89. The second-order valence-corrected chi connectivity index (χ2v) is 3.46. The van der Waals surface area contributed by atoms with Crippen molar-refractivity contribution in [3.05, 3.63) is 0 Å². The van der Waals surface area contributed by atoms with Crippen LogP contribution in [0.15, 0.2) is 0 Å². The summed E-state index contributed by atoms with van der Waals surface area (Å²) in [6.07, 6.45) is 1.90. The molecule has 0 aliphatic rings. The van der Waals surface area contributed by atoms with Crippen molar-refractivity contribution >= 4 is 11.9 Å². The number of unbranched alkanes of at least 4 members (excludes halogenated alkanes) is 1. The van der Waals surface area contributed by atoms with Crippen LogP contribution in [0.2, 0.25) is 0 Å². The average Bonchev–Trinajstić information content (AvgIpc) is 2.14. The van der Waals surface area contributed by atoms with Gasteiger partial charge in [-0.1, -0.05) is 19.8 Å². The van der Waals surface area contributed by atoms with Gasteiger partial charge in [-0.15, -0.1) is 0 Å². The Morgan fingerprint density at radius 3 is 2.29 bits per heavy atom. The lowest BCUT2D eigenvalue weighted by Crippen LogP contribution is -2.37. The van der Waals surface area contributed by atoms with Gasteiger partial charge in [-0.2, -0.15) is 0 Å².